The normalized spacial score (nSPS) is 15.2. The third kappa shape index (κ3) is 4.81. The third-order valence-corrected chi connectivity index (χ3v) is 8.48. The summed E-state index contributed by atoms with van der Waals surface area (Å²) in [6, 6.07) is 28.7. The number of ether oxygens (including phenoxy) is 1. The van der Waals surface area contributed by atoms with Gasteiger partial charge in [-0.2, -0.15) is 5.26 Å². The summed E-state index contributed by atoms with van der Waals surface area (Å²) in [5.74, 6) is 0.995. The lowest BCUT2D eigenvalue weighted by Crippen LogP contribution is -2.28. The first-order valence-electron chi connectivity index (χ1n) is 9.84. The van der Waals surface area contributed by atoms with Gasteiger partial charge in [0.25, 0.3) is 0 Å². The Morgan fingerprint density at radius 2 is 1.42 bits per heavy atom. The van der Waals surface area contributed by atoms with Gasteiger partial charge in [0, 0.05) is 16.3 Å². The van der Waals surface area contributed by atoms with Crippen LogP contribution in [0, 0.1) is 11.3 Å². The Morgan fingerprint density at radius 3 is 1.88 bits per heavy atom. The molecule has 33 heavy (non-hydrogen) atoms. The molecular weight excluding hydrogens is 498 g/mol. The summed E-state index contributed by atoms with van der Waals surface area (Å²) in [5, 5.41) is 15.0. The first-order valence-corrected chi connectivity index (χ1v) is 12.7. The molecule has 3 aromatic carbocycles. The van der Waals surface area contributed by atoms with Crippen molar-refractivity contribution in [2.75, 3.05) is 12.4 Å². The Hall–Kier alpha value is -2.74. The average molecular weight is 516 g/mol. The molecule has 0 atom stereocenters. The number of nitrogens with zero attached hydrogens (tertiary/aromatic N) is 3. The van der Waals surface area contributed by atoms with Crippen molar-refractivity contribution in [3.8, 4) is 11.8 Å². The van der Waals surface area contributed by atoms with Crippen LogP contribution in [-0.2, 0) is 0 Å². The van der Waals surface area contributed by atoms with Crippen molar-refractivity contribution < 1.29 is 4.74 Å². The number of rotatable bonds is 5. The van der Waals surface area contributed by atoms with E-state index in [0.717, 1.165) is 10.6 Å². The van der Waals surface area contributed by atoms with E-state index in [0.29, 0.717) is 17.3 Å². The zero-order chi connectivity index (χ0) is 23.5. The van der Waals surface area contributed by atoms with E-state index in [2.05, 4.69) is 11.4 Å². The number of anilines is 1. The fourth-order valence-electron chi connectivity index (χ4n) is 3.38. The SMILES string of the molecule is COc1ccc(NC2=C(C#N)C(C(Cl)(Cl)Cl)=NP(c3ccccc3)(c3ccccc3)=N2)cc1. The van der Waals surface area contributed by atoms with Crippen LogP contribution in [0.4, 0.5) is 5.69 Å². The lowest BCUT2D eigenvalue weighted by atomic mass is 10.2. The van der Waals surface area contributed by atoms with Gasteiger partial charge in [0.2, 0.25) is 3.79 Å². The third-order valence-electron chi connectivity index (χ3n) is 4.93. The fraction of sp³-hybridized carbons (Fsp3) is 0.0833. The molecule has 0 unspecified atom stereocenters. The van der Waals surface area contributed by atoms with Crippen LogP contribution >= 0.6 is 42.0 Å². The molecule has 0 spiro atoms. The minimum absolute atomic E-state index is 0.0575. The van der Waals surface area contributed by atoms with Gasteiger partial charge in [0.1, 0.15) is 30.3 Å². The van der Waals surface area contributed by atoms with Crippen molar-refractivity contribution in [3.05, 3.63) is 96.3 Å². The topological polar surface area (TPSA) is 69.8 Å². The van der Waals surface area contributed by atoms with Crippen LogP contribution in [-0.4, -0.2) is 16.6 Å². The standard InChI is InChI=1S/C24H18Cl3N4OP/c1-32-18-14-12-17(13-15-18)29-23-21(16-28)22(24(25,26)27)30-33(31-23,19-8-4-2-5-9-19)20-10-6-3-7-11-20/h2-15,29H,1H3. The number of hydrogen-bond donors (Lipinski definition) is 1. The molecule has 1 aliphatic heterocycles. The molecule has 9 heteroatoms. The van der Waals surface area contributed by atoms with E-state index < -0.39 is 11.0 Å². The monoisotopic (exact) mass is 514 g/mol. The number of benzene rings is 3. The van der Waals surface area contributed by atoms with Crippen molar-refractivity contribution in [2.45, 2.75) is 3.79 Å². The van der Waals surface area contributed by atoms with E-state index in [9.17, 15) is 5.26 Å². The highest BCUT2D eigenvalue weighted by Crippen LogP contribution is 2.55. The largest absolute Gasteiger partial charge is 0.497 e. The number of halogens is 3. The number of nitrogens with one attached hydrogen (secondary N) is 1. The molecule has 0 radical (unpaired) electrons. The predicted molar refractivity (Wildman–Crippen MR) is 138 cm³/mol. The molecule has 166 valence electrons. The van der Waals surface area contributed by atoms with Crippen molar-refractivity contribution >= 4 is 64.0 Å². The molecule has 5 nitrogen and oxygen atoms in total. The molecule has 1 heterocycles. The van der Waals surface area contributed by atoms with E-state index in [1.807, 2.05) is 72.8 Å². The molecule has 4 rings (SSSR count). The van der Waals surface area contributed by atoms with Gasteiger partial charge >= 0.3 is 0 Å². The van der Waals surface area contributed by atoms with E-state index in [1.54, 1.807) is 19.2 Å². The maximum atomic E-state index is 9.99. The minimum atomic E-state index is -2.84. The first-order chi connectivity index (χ1) is 15.9. The van der Waals surface area contributed by atoms with Gasteiger partial charge in [-0.3, -0.25) is 0 Å². The van der Waals surface area contributed by atoms with E-state index >= 15 is 0 Å². The number of alkyl halides is 3. The Balaban J connectivity index is 2.02. The Labute approximate surface area is 207 Å². The molecule has 0 amide bonds. The predicted octanol–water partition coefficient (Wildman–Crippen LogP) is 6.43. The van der Waals surface area contributed by atoms with Gasteiger partial charge in [0.15, 0.2) is 5.82 Å². The molecular formula is C24H18Cl3N4OP. The zero-order valence-electron chi connectivity index (χ0n) is 17.4. The quantitative estimate of drug-likeness (QED) is 0.314. The summed E-state index contributed by atoms with van der Waals surface area (Å²) in [4.78, 5) is 0. The maximum Gasteiger partial charge on any atom is 0.234 e. The van der Waals surface area contributed by atoms with Gasteiger partial charge in [-0.15, -0.1) is 0 Å². The van der Waals surface area contributed by atoms with Crippen molar-refractivity contribution in [2.24, 2.45) is 9.51 Å². The summed E-state index contributed by atoms with van der Waals surface area (Å²) < 4.78 is 13.3. The van der Waals surface area contributed by atoms with Crippen LogP contribution < -0.4 is 20.7 Å². The van der Waals surface area contributed by atoms with E-state index in [4.69, 9.17) is 49.0 Å². The second kappa shape index (κ2) is 9.63. The molecule has 1 N–H and O–H groups in total. The van der Waals surface area contributed by atoms with Gasteiger partial charge in [0.05, 0.1) is 7.11 Å². The van der Waals surface area contributed by atoms with Gasteiger partial charge in [-0.25, -0.2) is 9.51 Å². The molecule has 0 saturated carbocycles. The zero-order valence-corrected chi connectivity index (χ0v) is 20.6. The molecule has 0 aromatic heterocycles. The van der Waals surface area contributed by atoms with E-state index in [-0.39, 0.29) is 11.3 Å². The Morgan fingerprint density at radius 1 is 0.879 bits per heavy atom. The first kappa shape index (κ1) is 23.4. The molecule has 0 fully saturated rings. The number of allylic oxidation sites excluding steroid dienone is 1. The van der Waals surface area contributed by atoms with Crippen molar-refractivity contribution in [1.29, 1.82) is 5.26 Å². The van der Waals surface area contributed by atoms with Gasteiger partial charge < -0.3 is 10.1 Å². The molecule has 3 aromatic rings. The van der Waals surface area contributed by atoms with Crippen LogP contribution in [0.25, 0.3) is 0 Å². The molecule has 0 saturated heterocycles. The van der Waals surface area contributed by atoms with Crippen molar-refractivity contribution in [3.63, 3.8) is 0 Å². The highest BCUT2D eigenvalue weighted by molar-refractivity contribution is 7.80. The highest BCUT2D eigenvalue weighted by atomic mass is 35.6. The highest BCUT2D eigenvalue weighted by Gasteiger charge is 2.40. The van der Waals surface area contributed by atoms with Gasteiger partial charge in [-0.1, -0.05) is 95.5 Å². The van der Waals surface area contributed by atoms with Crippen LogP contribution in [0.3, 0.4) is 0 Å². The summed E-state index contributed by atoms with van der Waals surface area (Å²) in [5.41, 5.74) is 0.836. The Kier molecular flexibility index (Phi) is 6.83. The van der Waals surface area contributed by atoms with Crippen LogP contribution in [0.1, 0.15) is 0 Å². The lowest BCUT2D eigenvalue weighted by Gasteiger charge is -2.29. The van der Waals surface area contributed by atoms with Gasteiger partial charge in [-0.05, 0) is 24.3 Å². The number of methoxy groups -OCH3 is 1. The summed E-state index contributed by atoms with van der Waals surface area (Å²) in [6.45, 7) is 0. The fourth-order valence-corrected chi connectivity index (χ4v) is 6.92. The van der Waals surface area contributed by atoms with Crippen LogP contribution in [0.2, 0.25) is 0 Å². The lowest BCUT2D eigenvalue weighted by molar-refractivity contribution is 0.415. The minimum Gasteiger partial charge on any atom is -0.497 e. The Bertz CT molecular complexity index is 1270. The van der Waals surface area contributed by atoms with Crippen LogP contribution in [0.15, 0.2) is 106 Å². The second-order valence-corrected chi connectivity index (χ2v) is 11.9. The van der Waals surface area contributed by atoms with Crippen molar-refractivity contribution in [1.82, 2.24) is 0 Å². The number of hydrogen-bond acceptors (Lipinski definition) is 5. The smallest absolute Gasteiger partial charge is 0.234 e. The summed E-state index contributed by atoms with van der Waals surface area (Å²) >= 11 is 19.0. The summed E-state index contributed by atoms with van der Waals surface area (Å²) in [6.07, 6.45) is 0. The number of nitriles is 1. The second-order valence-electron chi connectivity index (χ2n) is 7.01. The maximum absolute atomic E-state index is 9.99. The van der Waals surface area contributed by atoms with Crippen LogP contribution in [0.5, 0.6) is 5.75 Å². The molecule has 1 aliphatic rings. The van der Waals surface area contributed by atoms with E-state index in [1.165, 1.54) is 0 Å². The molecule has 0 aliphatic carbocycles. The molecule has 0 bridgehead atoms. The summed E-state index contributed by atoms with van der Waals surface area (Å²) in [7, 11) is -1.25. The average Bonchev–Trinajstić information content (AvgIpc) is 2.84.